The SMILES string of the molecule is CNc1nccn1-c1ccc(Cl)cc1Br. The van der Waals surface area contributed by atoms with Crippen molar-refractivity contribution < 1.29 is 0 Å². The molecule has 0 aliphatic carbocycles. The molecule has 3 nitrogen and oxygen atoms in total. The van der Waals surface area contributed by atoms with Crippen molar-refractivity contribution >= 4 is 33.5 Å². The Bertz CT molecular complexity index is 481. The third kappa shape index (κ3) is 2.01. The Hall–Kier alpha value is -1.000. The highest BCUT2D eigenvalue weighted by Crippen LogP contribution is 2.26. The molecule has 5 heteroatoms. The van der Waals surface area contributed by atoms with Gasteiger partial charge in [0.1, 0.15) is 0 Å². The van der Waals surface area contributed by atoms with E-state index in [2.05, 4.69) is 26.2 Å². The molecule has 0 radical (unpaired) electrons. The van der Waals surface area contributed by atoms with E-state index in [1.807, 2.05) is 36.0 Å². The normalized spacial score (nSPS) is 10.3. The van der Waals surface area contributed by atoms with Gasteiger partial charge in [-0.2, -0.15) is 0 Å². The van der Waals surface area contributed by atoms with Crippen molar-refractivity contribution in [3.05, 3.63) is 40.1 Å². The van der Waals surface area contributed by atoms with E-state index in [0.29, 0.717) is 5.02 Å². The summed E-state index contributed by atoms with van der Waals surface area (Å²) in [5, 5.41) is 3.72. The molecule has 78 valence electrons. The van der Waals surface area contributed by atoms with E-state index in [1.165, 1.54) is 0 Å². The first-order chi connectivity index (χ1) is 7.22. The fraction of sp³-hybridized carbons (Fsp3) is 0.100. The van der Waals surface area contributed by atoms with Gasteiger partial charge in [0, 0.05) is 28.9 Å². The highest BCUT2D eigenvalue weighted by molar-refractivity contribution is 9.10. The summed E-state index contributed by atoms with van der Waals surface area (Å²) in [5.74, 6) is 0.790. The van der Waals surface area contributed by atoms with Crippen molar-refractivity contribution in [3.63, 3.8) is 0 Å². The smallest absolute Gasteiger partial charge is 0.207 e. The number of benzene rings is 1. The molecule has 2 aromatic rings. The van der Waals surface area contributed by atoms with Crippen LogP contribution in [0.5, 0.6) is 0 Å². The predicted molar refractivity (Wildman–Crippen MR) is 65.8 cm³/mol. The summed E-state index contributed by atoms with van der Waals surface area (Å²) in [4.78, 5) is 4.17. The van der Waals surface area contributed by atoms with Gasteiger partial charge in [-0.15, -0.1) is 0 Å². The number of hydrogen-bond donors (Lipinski definition) is 1. The van der Waals surface area contributed by atoms with Crippen LogP contribution in [0, 0.1) is 0 Å². The molecule has 0 fully saturated rings. The van der Waals surface area contributed by atoms with Crippen LogP contribution in [0.15, 0.2) is 35.1 Å². The van der Waals surface area contributed by atoms with Crippen molar-refractivity contribution in [1.82, 2.24) is 9.55 Å². The second-order valence-corrected chi connectivity index (χ2v) is 4.26. The first-order valence-corrected chi connectivity index (χ1v) is 5.56. The van der Waals surface area contributed by atoms with Gasteiger partial charge in [-0.3, -0.25) is 4.57 Å². The molecule has 1 N–H and O–H groups in total. The van der Waals surface area contributed by atoms with E-state index < -0.39 is 0 Å². The lowest BCUT2D eigenvalue weighted by molar-refractivity contribution is 1.05. The summed E-state index contributed by atoms with van der Waals surface area (Å²) in [5.41, 5.74) is 1.00. The number of rotatable bonds is 2. The van der Waals surface area contributed by atoms with Crippen LogP contribution in [-0.2, 0) is 0 Å². The van der Waals surface area contributed by atoms with Gasteiger partial charge in [-0.1, -0.05) is 11.6 Å². The van der Waals surface area contributed by atoms with Crippen LogP contribution in [0.4, 0.5) is 5.95 Å². The maximum absolute atomic E-state index is 5.88. The summed E-state index contributed by atoms with van der Waals surface area (Å²) >= 11 is 9.35. The van der Waals surface area contributed by atoms with E-state index >= 15 is 0 Å². The van der Waals surface area contributed by atoms with E-state index in [9.17, 15) is 0 Å². The summed E-state index contributed by atoms with van der Waals surface area (Å²) in [7, 11) is 1.84. The molecule has 0 aliphatic heterocycles. The number of nitrogens with one attached hydrogen (secondary N) is 1. The monoisotopic (exact) mass is 285 g/mol. The van der Waals surface area contributed by atoms with Crippen molar-refractivity contribution in [2.45, 2.75) is 0 Å². The van der Waals surface area contributed by atoms with E-state index in [1.54, 1.807) is 6.20 Å². The molecule has 1 aromatic carbocycles. The largest absolute Gasteiger partial charge is 0.358 e. The first-order valence-electron chi connectivity index (χ1n) is 4.39. The number of halogens is 2. The molecule has 0 saturated heterocycles. The van der Waals surface area contributed by atoms with Crippen LogP contribution < -0.4 is 5.32 Å². The maximum Gasteiger partial charge on any atom is 0.207 e. The van der Waals surface area contributed by atoms with Gasteiger partial charge in [-0.05, 0) is 34.1 Å². The Morgan fingerprint density at radius 2 is 2.27 bits per heavy atom. The summed E-state index contributed by atoms with van der Waals surface area (Å²) in [6.07, 6.45) is 3.63. The van der Waals surface area contributed by atoms with Gasteiger partial charge in [-0.25, -0.2) is 4.98 Å². The second-order valence-electron chi connectivity index (χ2n) is 2.97. The molecule has 0 aliphatic rings. The van der Waals surface area contributed by atoms with Crippen LogP contribution in [0.3, 0.4) is 0 Å². The zero-order valence-electron chi connectivity index (χ0n) is 8.04. The Morgan fingerprint density at radius 1 is 1.47 bits per heavy atom. The van der Waals surface area contributed by atoms with Crippen molar-refractivity contribution in [2.24, 2.45) is 0 Å². The van der Waals surface area contributed by atoms with E-state index in [0.717, 1.165) is 16.1 Å². The molecule has 2 rings (SSSR count). The van der Waals surface area contributed by atoms with Gasteiger partial charge in [0.15, 0.2) is 0 Å². The molecule has 1 heterocycles. The molecule has 0 atom stereocenters. The number of nitrogens with zero attached hydrogens (tertiary/aromatic N) is 2. The predicted octanol–water partition coefficient (Wildman–Crippen LogP) is 3.33. The Kier molecular flexibility index (Phi) is 2.98. The van der Waals surface area contributed by atoms with Crippen molar-refractivity contribution in [1.29, 1.82) is 0 Å². The quantitative estimate of drug-likeness (QED) is 0.918. The summed E-state index contributed by atoms with van der Waals surface area (Å²) < 4.78 is 2.88. The highest BCUT2D eigenvalue weighted by atomic mass is 79.9. The summed E-state index contributed by atoms with van der Waals surface area (Å²) in [6.45, 7) is 0. The Labute approximate surface area is 101 Å². The lowest BCUT2D eigenvalue weighted by Crippen LogP contribution is -2.01. The third-order valence-electron chi connectivity index (χ3n) is 2.03. The molecule has 1 aromatic heterocycles. The third-order valence-corrected chi connectivity index (χ3v) is 2.90. The van der Waals surface area contributed by atoms with Crippen molar-refractivity contribution in [2.75, 3.05) is 12.4 Å². The highest BCUT2D eigenvalue weighted by Gasteiger charge is 2.06. The van der Waals surface area contributed by atoms with Crippen LogP contribution in [-0.4, -0.2) is 16.6 Å². The fourth-order valence-electron chi connectivity index (χ4n) is 1.36. The number of hydrogen-bond acceptors (Lipinski definition) is 2. The van der Waals surface area contributed by atoms with E-state index in [-0.39, 0.29) is 0 Å². The number of aromatic nitrogens is 2. The molecular formula is C10H9BrClN3. The average Bonchev–Trinajstić information content (AvgIpc) is 2.65. The number of anilines is 1. The fourth-order valence-corrected chi connectivity index (χ4v) is 2.23. The molecule has 0 bridgehead atoms. The minimum Gasteiger partial charge on any atom is -0.358 e. The number of imidazole rings is 1. The van der Waals surface area contributed by atoms with Crippen LogP contribution in [0.2, 0.25) is 5.02 Å². The lowest BCUT2D eigenvalue weighted by Gasteiger charge is -2.09. The van der Waals surface area contributed by atoms with Crippen LogP contribution >= 0.6 is 27.5 Å². The molecule has 0 spiro atoms. The van der Waals surface area contributed by atoms with Crippen LogP contribution in [0.1, 0.15) is 0 Å². The van der Waals surface area contributed by atoms with Gasteiger partial charge >= 0.3 is 0 Å². The van der Waals surface area contributed by atoms with Gasteiger partial charge in [0.25, 0.3) is 0 Å². The summed E-state index contributed by atoms with van der Waals surface area (Å²) in [6, 6.07) is 5.65. The zero-order chi connectivity index (χ0) is 10.8. The van der Waals surface area contributed by atoms with Crippen LogP contribution in [0.25, 0.3) is 5.69 Å². The van der Waals surface area contributed by atoms with Gasteiger partial charge in [0.2, 0.25) is 5.95 Å². The molecule has 0 amide bonds. The van der Waals surface area contributed by atoms with E-state index in [4.69, 9.17) is 11.6 Å². The molecular weight excluding hydrogens is 277 g/mol. The van der Waals surface area contributed by atoms with Gasteiger partial charge < -0.3 is 5.32 Å². The minimum absolute atomic E-state index is 0.705. The topological polar surface area (TPSA) is 29.9 Å². The molecule has 15 heavy (non-hydrogen) atoms. The van der Waals surface area contributed by atoms with Gasteiger partial charge in [0.05, 0.1) is 5.69 Å². The van der Waals surface area contributed by atoms with Crippen molar-refractivity contribution in [3.8, 4) is 5.69 Å². The standard InChI is InChI=1S/C10H9BrClN3/c1-13-10-14-4-5-15(10)9-3-2-7(12)6-8(9)11/h2-6H,1H3,(H,13,14). The lowest BCUT2D eigenvalue weighted by atomic mass is 10.3. The Balaban J connectivity index is 2.54. The molecule has 0 saturated carbocycles. The Morgan fingerprint density at radius 3 is 2.93 bits per heavy atom. The molecule has 0 unspecified atom stereocenters. The maximum atomic E-state index is 5.88. The average molecular weight is 287 g/mol. The first kappa shape index (κ1) is 10.5. The minimum atomic E-state index is 0.705. The second kappa shape index (κ2) is 4.24. The zero-order valence-corrected chi connectivity index (χ0v) is 10.4.